The van der Waals surface area contributed by atoms with Gasteiger partial charge in [0.1, 0.15) is 23.9 Å². The number of hydrogen-bond donors (Lipinski definition) is 4. The Morgan fingerprint density at radius 2 is 1.81 bits per heavy atom. The highest BCUT2D eigenvalue weighted by molar-refractivity contribution is 5.96. The topological polar surface area (TPSA) is 198 Å². The second kappa shape index (κ2) is 20.1. The van der Waals surface area contributed by atoms with Crippen LogP contribution in [-0.4, -0.2) is 130 Å². The molecule has 6 heterocycles. The van der Waals surface area contributed by atoms with Crippen molar-refractivity contribution in [1.82, 2.24) is 40.4 Å². The lowest BCUT2D eigenvalue weighted by Crippen LogP contribution is -2.62. The monoisotopic (exact) mass is 959 g/mol. The van der Waals surface area contributed by atoms with Gasteiger partial charge >= 0.3 is 5.97 Å². The van der Waals surface area contributed by atoms with Crippen molar-refractivity contribution >= 4 is 40.5 Å². The number of nitrogens with zero attached hydrogens (tertiary/aromatic N) is 5. The summed E-state index contributed by atoms with van der Waals surface area (Å²) < 4.78 is 14.3. The number of aromatic nitrogens is 2. The van der Waals surface area contributed by atoms with Gasteiger partial charge in [-0.05, 0) is 116 Å². The number of hydrogen-bond acceptors (Lipinski definition) is 11. The normalized spacial score (nSPS) is 24.8. The van der Waals surface area contributed by atoms with E-state index in [1.165, 1.54) is 5.01 Å². The number of cyclic esters (lactones) is 1. The van der Waals surface area contributed by atoms with Crippen LogP contribution in [-0.2, 0) is 52.8 Å². The minimum absolute atomic E-state index is 0.00242. The summed E-state index contributed by atoms with van der Waals surface area (Å²) in [5.41, 5.74) is 9.67. The summed E-state index contributed by atoms with van der Waals surface area (Å²) in [7, 11) is 3.36. The highest BCUT2D eigenvalue weighted by Gasteiger charge is 2.46. The zero-order chi connectivity index (χ0) is 49.6. The van der Waals surface area contributed by atoms with Gasteiger partial charge in [-0.2, -0.15) is 0 Å². The lowest BCUT2D eigenvalue weighted by molar-refractivity contribution is -0.155. The molecule has 4 aromatic rings. The molecule has 2 aromatic heterocycles. The molecule has 2 aromatic carbocycles. The van der Waals surface area contributed by atoms with Crippen LogP contribution in [0.25, 0.3) is 33.3 Å². The Labute approximate surface area is 410 Å². The maximum Gasteiger partial charge on any atom is 0.324 e. The van der Waals surface area contributed by atoms with E-state index in [0.29, 0.717) is 57.5 Å². The van der Waals surface area contributed by atoms with Crippen LogP contribution in [0, 0.1) is 23.2 Å². The molecular formula is C54H70N8O8. The number of aryl methyl sites for hydroxylation is 1. The standard InChI is InChI=1S/C54H70N8O8/c1-8-61-45-18-17-35-25-39(45)40(48(61)38-15-11-19-55-46(38)32(3)69-7)26-54(4,5)30-70-53(68)42-16-12-20-62(58-42)52(67)43(23-33-21-36(35)24-37(63)22-33)57-49(64)47(34-13-9-10-14-34)59(6)50(65)41-29-60(28-31(41)2)51(66)44-27-56-44/h11,15,17-19,21-22,24-25,31-32,34,41-44,47,56,58,63H,8-10,12-14,16,20,23,26-30H2,1-7H3,(H,57,64)/t31-,32-,41+,42-,43-,44+,47?/m0/s1. The Hall–Kier alpha value is -5.84. The van der Waals surface area contributed by atoms with Gasteiger partial charge in [0.05, 0.1) is 36.1 Å². The fraction of sp³-hybridized carbons (Fsp3) is 0.556. The number of phenols is 1. The van der Waals surface area contributed by atoms with Gasteiger partial charge in [-0.3, -0.25) is 34.0 Å². The quantitative estimate of drug-likeness (QED) is 0.115. The molecule has 374 valence electrons. The van der Waals surface area contributed by atoms with Crippen molar-refractivity contribution < 1.29 is 38.6 Å². The fourth-order valence-corrected chi connectivity index (χ4v) is 11.6. The molecule has 0 radical (unpaired) electrons. The van der Waals surface area contributed by atoms with Crippen LogP contribution in [0.4, 0.5) is 0 Å². The maximum absolute atomic E-state index is 15.0. The number of pyridine rings is 1. The Bertz CT molecular complexity index is 2650. The number of carbonyl (C=O) groups is 5. The van der Waals surface area contributed by atoms with Crippen molar-refractivity contribution in [1.29, 1.82) is 0 Å². The number of benzene rings is 2. The van der Waals surface area contributed by atoms with E-state index in [1.54, 1.807) is 42.3 Å². The fourth-order valence-electron chi connectivity index (χ4n) is 11.6. The zero-order valence-corrected chi connectivity index (χ0v) is 41.8. The average Bonchev–Trinajstić information content (AvgIpc) is 3.79. The largest absolute Gasteiger partial charge is 0.508 e. The number of fused-ring (bicyclic) bond motifs is 6. The molecule has 4 amide bonds. The average molecular weight is 959 g/mol. The van der Waals surface area contributed by atoms with Gasteiger partial charge in [-0.25, -0.2) is 5.43 Å². The number of carbonyl (C=O) groups excluding carboxylic acids is 5. The number of amides is 4. The van der Waals surface area contributed by atoms with Crippen LogP contribution in [0.5, 0.6) is 5.75 Å². The van der Waals surface area contributed by atoms with E-state index in [9.17, 15) is 29.1 Å². The summed E-state index contributed by atoms with van der Waals surface area (Å²) in [5, 5.41) is 20.1. The SMILES string of the molecule is CCn1c(-c2cccnc2[C@H](C)OC)c2c3cc(ccc31)-c1cc(O)cc(c1)C[C@H](NC(=O)C(C1CCCC1)N(C)C(=O)[C@@H]1CN(C(=O)[C@H]3CN3)C[C@@H]1C)C(=O)N1CCC[C@H](N1)C(=O)OCC(C)(C)C2. The summed E-state index contributed by atoms with van der Waals surface area (Å²) >= 11 is 0. The lowest BCUT2D eigenvalue weighted by Gasteiger charge is -2.37. The molecule has 1 aliphatic carbocycles. The number of methoxy groups -OCH3 is 1. The molecule has 7 atom stereocenters. The molecule has 1 saturated carbocycles. The van der Waals surface area contributed by atoms with Gasteiger partial charge in [0.25, 0.3) is 5.91 Å². The number of esters is 1. The number of likely N-dealkylation sites (N-methyl/N-ethyl adjacent to an activating group) is 1. The Kier molecular flexibility index (Phi) is 14.1. The summed E-state index contributed by atoms with van der Waals surface area (Å²) in [4.78, 5) is 79.6. The molecule has 5 aliphatic rings. The smallest absolute Gasteiger partial charge is 0.324 e. The third-order valence-corrected chi connectivity index (χ3v) is 15.5. The molecule has 16 heteroatoms. The third kappa shape index (κ3) is 9.91. The number of phenolic OH excluding ortho intramolecular Hbond substituents is 1. The number of likely N-dealkylation sites (tertiary alicyclic amines) is 1. The van der Waals surface area contributed by atoms with Crippen molar-refractivity contribution in [2.45, 2.75) is 123 Å². The second-order valence-corrected chi connectivity index (χ2v) is 21.3. The van der Waals surface area contributed by atoms with Crippen molar-refractivity contribution in [3.63, 3.8) is 0 Å². The number of hydrazine groups is 1. The minimum atomic E-state index is -1.14. The molecular weight excluding hydrogens is 889 g/mol. The summed E-state index contributed by atoms with van der Waals surface area (Å²) in [6, 6.07) is 12.6. The molecule has 16 nitrogen and oxygen atoms in total. The number of ether oxygens (including phenoxy) is 2. The first-order chi connectivity index (χ1) is 33.5. The van der Waals surface area contributed by atoms with Crippen LogP contribution >= 0.6 is 0 Å². The highest BCUT2D eigenvalue weighted by Crippen LogP contribution is 2.42. The van der Waals surface area contributed by atoms with E-state index in [0.717, 1.165) is 70.2 Å². The summed E-state index contributed by atoms with van der Waals surface area (Å²) in [6.07, 6.45) is 6.37. The number of rotatable bonds is 10. The first-order valence-corrected chi connectivity index (χ1v) is 25.4. The molecule has 0 spiro atoms. The molecule has 4 fully saturated rings. The van der Waals surface area contributed by atoms with Crippen molar-refractivity contribution in [3.8, 4) is 28.1 Å². The molecule has 9 rings (SSSR count). The number of nitrogens with one attached hydrogen (secondary N) is 3. The molecule has 1 unspecified atom stereocenters. The van der Waals surface area contributed by atoms with Gasteiger partial charge in [0.2, 0.25) is 17.7 Å². The predicted molar refractivity (Wildman–Crippen MR) is 265 cm³/mol. The van der Waals surface area contributed by atoms with Crippen molar-refractivity contribution in [3.05, 3.63) is 71.5 Å². The van der Waals surface area contributed by atoms with Crippen molar-refractivity contribution in [2.75, 3.05) is 46.9 Å². The van der Waals surface area contributed by atoms with Crippen LogP contribution in [0.2, 0.25) is 0 Å². The van der Waals surface area contributed by atoms with E-state index in [2.05, 4.69) is 59.6 Å². The van der Waals surface area contributed by atoms with Gasteiger partial charge in [0.15, 0.2) is 0 Å². The predicted octanol–water partition coefficient (Wildman–Crippen LogP) is 5.54. The molecule has 70 heavy (non-hydrogen) atoms. The summed E-state index contributed by atoms with van der Waals surface area (Å²) in [5.74, 6) is -2.23. The van der Waals surface area contributed by atoms with Crippen LogP contribution in [0.1, 0.15) is 96.1 Å². The number of aromatic hydroxyl groups is 1. The Morgan fingerprint density at radius 1 is 1.04 bits per heavy atom. The highest BCUT2D eigenvalue weighted by atomic mass is 16.5. The Balaban J connectivity index is 1.10. The molecule has 4 N–H and O–H groups in total. The van der Waals surface area contributed by atoms with Gasteiger partial charge in [-0.1, -0.05) is 45.7 Å². The van der Waals surface area contributed by atoms with Gasteiger partial charge < -0.3 is 39.6 Å². The molecule has 4 aliphatic heterocycles. The van der Waals surface area contributed by atoms with E-state index in [4.69, 9.17) is 14.5 Å². The van der Waals surface area contributed by atoms with E-state index in [1.807, 2.05) is 32.0 Å². The molecule has 6 bridgehead atoms. The maximum atomic E-state index is 15.0. The van der Waals surface area contributed by atoms with E-state index >= 15 is 0 Å². The lowest BCUT2D eigenvalue weighted by atomic mass is 9.84. The van der Waals surface area contributed by atoms with Gasteiger partial charge in [-0.15, -0.1) is 0 Å². The zero-order valence-electron chi connectivity index (χ0n) is 41.8. The van der Waals surface area contributed by atoms with E-state index < -0.39 is 47.2 Å². The van der Waals surface area contributed by atoms with E-state index in [-0.39, 0.29) is 54.6 Å². The third-order valence-electron chi connectivity index (χ3n) is 15.5. The van der Waals surface area contributed by atoms with Crippen molar-refractivity contribution in [2.24, 2.45) is 23.2 Å². The Morgan fingerprint density at radius 3 is 2.54 bits per heavy atom. The minimum Gasteiger partial charge on any atom is -0.508 e. The van der Waals surface area contributed by atoms with Crippen LogP contribution in [0.3, 0.4) is 0 Å². The second-order valence-electron chi connectivity index (χ2n) is 21.3. The van der Waals surface area contributed by atoms with Crippen LogP contribution in [0.15, 0.2) is 54.7 Å². The van der Waals surface area contributed by atoms with Crippen LogP contribution < -0.4 is 16.1 Å². The van der Waals surface area contributed by atoms with Gasteiger partial charge in [0, 0.05) is 81.4 Å². The first-order valence-electron chi connectivity index (χ1n) is 25.4. The summed E-state index contributed by atoms with van der Waals surface area (Å²) in [6.45, 7) is 12.7. The first kappa shape index (κ1) is 49.2. The molecule has 3 saturated heterocycles.